The minimum Gasteiger partial charge on any atom is -0.465 e. The van der Waals surface area contributed by atoms with Gasteiger partial charge in [-0.3, -0.25) is 10.1 Å². The van der Waals surface area contributed by atoms with E-state index in [1.807, 2.05) is 13.8 Å². The lowest BCUT2D eigenvalue weighted by Crippen LogP contribution is -2.57. The maximum atomic E-state index is 12.0. The van der Waals surface area contributed by atoms with E-state index in [1.165, 1.54) is 12.8 Å². The van der Waals surface area contributed by atoms with Crippen molar-refractivity contribution in [1.82, 2.24) is 5.32 Å². The molecule has 1 unspecified atom stereocenters. The van der Waals surface area contributed by atoms with Gasteiger partial charge in [-0.2, -0.15) is 0 Å². The summed E-state index contributed by atoms with van der Waals surface area (Å²) in [5.41, 5.74) is -0.355. The van der Waals surface area contributed by atoms with Crippen molar-refractivity contribution >= 4 is 5.97 Å². The van der Waals surface area contributed by atoms with Gasteiger partial charge in [-0.25, -0.2) is 0 Å². The van der Waals surface area contributed by atoms with Gasteiger partial charge >= 0.3 is 5.97 Å². The molecule has 3 nitrogen and oxygen atoms in total. The minimum atomic E-state index is -0.468. The van der Waals surface area contributed by atoms with Crippen LogP contribution < -0.4 is 5.32 Å². The number of carbonyl (C=O) groups excluding carboxylic acids is 1. The van der Waals surface area contributed by atoms with Crippen LogP contribution in [-0.2, 0) is 9.53 Å². The molecule has 2 aliphatic carbocycles. The monoisotopic (exact) mass is 211 g/mol. The second-order valence-electron chi connectivity index (χ2n) is 5.32. The van der Waals surface area contributed by atoms with Crippen molar-refractivity contribution in [1.29, 1.82) is 0 Å². The molecule has 2 fully saturated rings. The molecule has 2 saturated carbocycles. The van der Waals surface area contributed by atoms with Crippen LogP contribution in [0, 0.1) is 5.41 Å². The average Bonchev–Trinajstić information content (AvgIpc) is 3.04. The van der Waals surface area contributed by atoms with Crippen LogP contribution in [0.15, 0.2) is 0 Å². The summed E-state index contributed by atoms with van der Waals surface area (Å²) in [5, 5.41) is 3.48. The largest absolute Gasteiger partial charge is 0.465 e. The fourth-order valence-corrected chi connectivity index (χ4v) is 2.08. The van der Waals surface area contributed by atoms with Gasteiger partial charge in [0.1, 0.15) is 5.54 Å². The third-order valence-corrected chi connectivity index (χ3v) is 3.96. The first kappa shape index (κ1) is 10.9. The smallest absolute Gasteiger partial charge is 0.326 e. The lowest BCUT2D eigenvalue weighted by Gasteiger charge is -2.34. The van der Waals surface area contributed by atoms with E-state index in [1.54, 1.807) is 0 Å². The molecule has 0 heterocycles. The molecular weight excluding hydrogens is 190 g/mol. The van der Waals surface area contributed by atoms with E-state index in [-0.39, 0.29) is 11.4 Å². The molecule has 15 heavy (non-hydrogen) atoms. The van der Waals surface area contributed by atoms with E-state index in [0.717, 1.165) is 12.8 Å². The zero-order chi connectivity index (χ0) is 11.1. The zero-order valence-electron chi connectivity index (χ0n) is 9.93. The van der Waals surface area contributed by atoms with Crippen LogP contribution in [0.2, 0.25) is 0 Å². The van der Waals surface area contributed by atoms with Gasteiger partial charge in [0.15, 0.2) is 0 Å². The number of carbonyl (C=O) groups is 1. The van der Waals surface area contributed by atoms with Crippen LogP contribution in [0.3, 0.4) is 0 Å². The maximum Gasteiger partial charge on any atom is 0.326 e. The Balaban J connectivity index is 2.09. The second-order valence-corrected chi connectivity index (χ2v) is 5.32. The zero-order valence-corrected chi connectivity index (χ0v) is 9.93. The Labute approximate surface area is 91.6 Å². The van der Waals surface area contributed by atoms with Gasteiger partial charge in [-0.05, 0) is 44.9 Å². The third kappa shape index (κ3) is 1.89. The first-order valence-corrected chi connectivity index (χ1v) is 5.97. The van der Waals surface area contributed by atoms with Gasteiger partial charge in [0.2, 0.25) is 0 Å². The molecule has 86 valence electrons. The Morgan fingerprint density at radius 3 is 2.53 bits per heavy atom. The average molecular weight is 211 g/mol. The summed E-state index contributed by atoms with van der Waals surface area (Å²) in [5.74, 6) is -0.0723. The summed E-state index contributed by atoms with van der Waals surface area (Å²) in [6.45, 7) is 6.52. The maximum absolute atomic E-state index is 12.0. The van der Waals surface area contributed by atoms with Crippen molar-refractivity contribution < 1.29 is 9.53 Å². The van der Waals surface area contributed by atoms with Gasteiger partial charge in [0.05, 0.1) is 6.61 Å². The summed E-state index contributed by atoms with van der Waals surface area (Å²) >= 11 is 0. The molecular formula is C12H21NO2. The highest BCUT2D eigenvalue weighted by Crippen LogP contribution is 2.54. The Morgan fingerprint density at radius 2 is 2.13 bits per heavy atom. The number of nitrogens with one attached hydrogen (secondary N) is 1. The van der Waals surface area contributed by atoms with Crippen molar-refractivity contribution in [2.24, 2.45) is 5.41 Å². The predicted molar refractivity (Wildman–Crippen MR) is 58.5 cm³/mol. The van der Waals surface area contributed by atoms with Gasteiger partial charge in [0, 0.05) is 6.04 Å². The lowest BCUT2D eigenvalue weighted by atomic mass is 9.83. The Morgan fingerprint density at radius 1 is 1.53 bits per heavy atom. The topological polar surface area (TPSA) is 38.3 Å². The molecule has 0 aromatic rings. The Bertz CT molecular complexity index is 269. The molecule has 0 aromatic carbocycles. The molecule has 1 atom stereocenters. The highest BCUT2D eigenvalue weighted by atomic mass is 16.5. The molecule has 0 aromatic heterocycles. The van der Waals surface area contributed by atoms with Gasteiger partial charge < -0.3 is 4.74 Å². The molecule has 0 aliphatic heterocycles. The van der Waals surface area contributed by atoms with E-state index in [2.05, 4.69) is 12.2 Å². The van der Waals surface area contributed by atoms with Crippen LogP contribution in [0.25, 0.3) is 0 Å². The highest BCUT2D eigenvalue weighted by molar-refractivity contribution is 5.82. The van der Waals surface area contributed by atoms with Crippen molar-refractivity contribution in [2.45, 2.75) is 58.0 Å². The van der Waals surface area contributed by atoms with Crippen molar-refractivity contribution in [3.63, 3.8) is 0 Å². The van der Waals surface area contributed by atoms with Gasteiger partial charge in [-0.1, -0.05) is 6.92 Å². The van der Waals surface area contributed by atoms with Gasteiger partial charge in [-0.15, -0.1) is 0 Å². The number of rotatable bonds is 5. The number of hydrogen-bond donors (Lipinski definition) is 1. The second kappa shape index (κ2) is 3.48. The van der Waals surface area contributed by atoms with Crippen LogP contribution in [-0.4, -0.2) is 24.2 Å². The summed E-state index contributed by atoms with van der Waals surface area (Å²) in [6.07, 6.45) is 4.65. The molecule has 0 saturated heterocycles. The van der Waals surface area contributed by atoms with E-state index in [4.69, 9.17) is 4.74 Å². The number of esters is 1. The normalized spacial score (nSPS) is 26.9. The first-order chi connectivity index (χ1) is 7.02. The quantitative estimate of drug-likeness (QED) is 0.705. The summed E-state index contributed by atoms with van der Waals surface area (Å²) in [4.78, 5) is 12.0. The standard InChI is InChI=1S/C12H21NO2/c1-4-15-10(14)12(3,11(2)7-8-11)13-9-5-6-9/h9,13H,4-8H2,1-3H3. The molecule has 0 radical (unpaired) electrons. The predicted octanol–water partition coefficient (Wildman–Crippen LogP) is 1.86. The van der Waals surface area contributed by atoms with E-state index < -0.39 is 5.54 Å². The van der Waals surface area contributed by atoms with Crippen molar-refractivity contribution in [3.8, 4) is 0 Å². The Hall–Kier alpha value is -0.570. The van der Waals surface area contributed by atoms with Crippen LogP contribution in [0.1, 0.15) is 46.5 Å². The highest BCUT2D eigenvalue weighted by Gasteiger charge is 2.59. The molecule has 3 heteroatoms. The van der Waals surface area contributed by atoms with Crippen LogP contribution in [0.5, 0.6) is 0 Å². The van der Waals surface area contributed by atoms with E-state index in [9.17, 15) is 4.79 Å². The number of hydrogen-bond acceptors (Lipinski definition) is 3. The SMILES string of the molecule is CCOC(=O)C(C)(NC1CC1)C1(C)CC1. The van der Waals surface area contributed by atoms with Crippen molar-refractivity contribution in [3.05, 3.63) is 0 Å². The molecule has 0 bridgehead atoms. The van der Waals surface area contributed by atoms with E-state index in [0.29, 0.717) is 12.6 Å². The molecule has 0 spiro atoms. The van der Waals surface area contributed by atoms with Crippen LogP contribution in [0.4, 0.5) is 0 Å². The van der Waals surface area contributed by atoms with Gasteiger partial charge in [0.25, 0.3) is 0 Å². The molecule has 1 N–H and O–H groups in total. The third-order valence-electron chi connectivity index (χ3n) is 3.96. The fourth-order valence-electron chi connectivity index (χ4n) is 2.08. The molecule has 2 rings (SSSR count). The minimum absolute atomic E-state index is 0.0723. The lowest BCUT2D eigenvalue weighted by molar-refractivity contribution is -0.153. The summed E-state index contributed by atoms with van der Waals surface area (Å²) in [7, 11) is 0. The fraction of sp³-hybridized carbons (Fsp3) is 0.917. The summed E-state index contributed by atoms with van der Waals surface area (Å²) < 4.78 is 5.20. The number of ether oxygens (including phenoxy) is 1. The molecule has 2 aliphatic rings. The van der Waals surface area contributed by atoms with E-state index >= 15 is 0 Å². The van der Waals surface area contributed by atoms with Crippen LogP contribution >= 0.6 is 0 Å². The molecule has 0 amide bonds. The van der Waals surface area contributed by atoms with Crippen molar-refractivity contribution in [2.75, 3.05) is 6.61 Å². The first-order valence-electron chi connectivity index (χ1n) is 5.97. The Kier molecular flexibility index (Phi) is 2.53. The summed E-state index contributed by atoms with van der Waals surface area (Å²) in [6, 6.07) is 0.539.